The highest BCUT2D eigenvalue weighted by Gasteiger charge is 2.16. The second-order valence-electron chi connectivity index (χ2n) is 4.51. The number of rotatable bonds is 3. The number of amides is 1. The number of thiophene rings is 1. The number of benzene rings is 1. The Hall–Kier alpha value is -1.99. The number of aryl methyl sites for hydroxylation is 1. The molecule has 3 rings (SSSR count). The van der Waals surface area contributed by atoms with Crippen molar-refractivity contribution in [1.82, 2.24) is 10.3 Å². The molecule has 0 unspecified atom stereocenters. The molecule has 0 atom stereocenters. The maximum Gasteiger partial charge on any atom is 0.263 e. The second-order valence-corrected chi connectivity index (χ2v) is 6.89. The number of carbonyl (C=O) groups excluding carboxylic acids is 1. The van der Waals surface area contributed by atoms with E-state index in [-0.39, 0.29) is 11.7 Å². The van der Waals surface area contributed by atoms with Crippen molar-refractivity contribution >= 4 is 44.4 Å². The molecule has 21 heavy (non-hydrogen) atoms. The summed E-state index contributed by atoms with van der Waals surface area (Å²) >= 11 is 2.80. The summed E-state index contributed by atoms with van der Waals surface area (Å²) in [5.41, 5.74) is 6.28. The van der Waals surface area contributed by atoms with Gasteiger partial charge in [0.1, 0.15) is 10.7 Å². The highest BCUT2D eigenvalue weighted by atomic mass is 32.1. The van der Waals surface area contributed by atoms with Gasteiger partial charge in [-0.25, -0.2) is 9.37 Å². The minimum atomic E-state index is -0.362. The number of hydrogen-bond donors (Lipinski definition) is 2. The smallest absolute Gasteiger partial charge is 0.263 e. The number of fused-ring (bicyclic) bond motifs is 1. The van der Waals surface area contributed by atoms with E-state index in [1.165, 1.54) is 34.8 Å². The van der Waals surface area contributed by atoms with Crippen LogP contribution in [0.15, 0.2) is 24.4 Å². The van der Waals surface area contributed by atoms with Gasteiger partial charge >= 0.3 is 0 Å². The first kappa shape index (κ1) is 14.0. The summed E-state index contributed by atoms with van der Waals surface area (Å²) < 4.78 is 14.0. The molecular formula is C14H12FN3OS2. The molecule has 0 saturated heterocycles. The van der Waals surface area contributed by atoms with Crippen molar-refractivity contribution in [1.29, 1.82) is 0 Å². The number of anilines is 1. The maximum absolute atomic E-state index is 13.2. The van der Waals surface area contributed by atoms with Crippen molar-refractivity contribution < 1.29 is 9.18 Å². The van der Waals surface area contributed by atoms with E-state index < -0.39 is 0 Å². The number of nitrogens with two attached hydrogens (primary N) is 1. The zero-order valence-electron chi connectivity index (χ0n) is 11.1. The SMILES string of the molecule is Cc1ncc(CNC(=O)c2sc3ccc(F)cc3c2N)s1. The van der Waals surface area contributed by atoms with E-state index in [2.05, 4.69) is 10.3 Å². The Labute approximate surface area is 128 Å². The van der Waals surface area contributed by atoms with Gasteiger partial charge in [0.25, 0.3) is 5.91 Å². The van der Waals surface area contributed by atoms with E-state index in [4.69, 9.17) is 5.73 Å². The van der Waals surface area contributed by atoms with Gasteiger partial charge in [0, 0.05) is 21.2 Å². The van der Waals surface area contributed by atoms with E-state index in [0.717, 1.165) is 14.6 Å². The molecule has 0 saturated carbocycles. The molecule has 3 N–H and O–H groups in total. The summed E-state index contributed by atoms with van der Waals surface area (Å²) in [6.07, 6.45) is 1.74. The van der Waals surface area contributed by atoms with Crippen molar-refractivity contribution in [2.75, 3.05) is 5.73 Å². The molecule has 0 radical (unpaired) electrons. The number of nitrogens with zero attached hydrogens (tertiary/aromatic N) is 1. The third kappa shape index (κ3) is 2.74. The molecule has 0 aliphatic heterocycles. The molecule has 1 aromatic carbocycles. The van der Waals surface area contributed by atoms with Gasteiger partial charge in [0.15, 0.2) is 0 Å². The number of thiazole rings is 1. The zero-order chi connectivity index (χ0) is 15.0. The van der Waals surface area contributed by atoms with Gasteiger partial charge in [-0.1, -0.05) is 0 Å². The Balaban J connectivity index is 1.82. The largest absolute Gasteiger partial charge is 0.397 e. The van der Waals surface area contributed by atoms with Crippen LogP contribution >= 0.6 is 22.7 Å². The minimum absolute atomic E-state index is 0.250. The monoisotopic (exact) mass is 321 g/mol. The number of hydrogen-bond acceptors (Lipinski definition) is 5. The molecule has 0 aliphatic carbocycles. The average molecular weight is 321 g/mol. The molecular weight excluding hydrogens is 309 g/mol. The molecule has 1 amide bonds. The molecule has 7 heteroatoms. The molecule has 0 fully saturated rings. The van der Waals surface area contributed by atoms with Crippen LogP contribution in [0, 0.1) is 12.7 Å². The first-order valence-corrected chi connectivity index (χ1v) is 7.85. The highest BCUT2D eigenvalue weighted by molar-refractivity contribution is 7.21. The summed E-state index contributed by atoms with van der Waals surface area (Å²) in [6, 6.07) is 4.35. The van der Waals surface area contributed by atoms with Crippen LogP contribution in [0.5, 0.6) is 0 Å². The Bertz CT molecular complexity index is 825. The van der Waals surface area contributed by atoms with Crippen LogP contribution in [0.4, 0.5) is 10.1 Å². The van der Waals surface area contributed by atoms with Crippen molar-refractivity contribution in [3.05, 3.63) is 45.0 Å². The molecule has 2 heterocycles. The topological polar surface area (TPSA) is 68.0 Å². The van der Waals surface area contributed by atoms with Crippen LogP contribution in [-0.2, 0) is 6.54 Å². The average Bonchev–Trinajstić information content (AvgIpc) is 3.01. The molecule has 0 bridgehead atoms. The van der Waals surface area contributed by atoms with E-state index >= 15 is 0 Å². The molecule has 0 aliphatic rings. The minimum Gasteiger partial charge on any atom is -0.397 e. The summed E-state index contributed by atoms with van der Waals surface area (Å²) in [6.45, 7) is 2.32. The predicted octanol–water partition coefficient (Wildman–Crippen LogP) is 3.32. The first-order valence-electron chi connectivity index (χ1n) is 6.21. The van der Waals surface area contributed by atoms with Gasteiger partial charge in [0.2, 0.25) is 0 Å². The Morgan fingerprint density at radius 3 is 2.95 bits per heavy atom. The molecule has 2 aromatic heterocycles. The second kappa shape index (κ2) is 5.42. The van der Waals surface area contributed by atoms with Gasteiger partial charge in [0.05, 0.1) is 17.2 Å². The number of carbonyl (C=O) groups is 1. The lowest BCUT2D eigenvalue weighted by atomic mass is 10.2. The standard InChI is InChI=1S/C14H12FN3OS2/c1-7-17-5-9(20-7)6-18-14(19)13-12(16)10-4-8(15)2-3-11(10)21-13/h2-5H,6,16H2,1H3,(H,18,19). The number of nitrogen functional groups attached to an aromatic ring is 1. The Kier molecular flexibility index (Phi) is 3.60. The zero-order valence-corrected chi connectivity index (χ0v) is 12.8. The summed E-state index contributed by atoms with van der Waals surface area (Å²) in [7, 11) is 0. The maximum atomic E-state index is 13.2. The van der Waals surface area contributed by atoms with Gasteiger partial charge in [-0.2, -0.15) is 0 Å². The fourth-order valence-electron chi connectivity index (χ4n) is 1.99. The number of nitrogens with one attached hydrogen (secondary N) is 1. The lowest BCUT2D eigenvalue weighted by Gasteiger charge is -2.02. The van der Waals surface area contributed by atoms with Crippen LogP contribution in [-0.4, -0.2) is 10.9 Å². The van der Waals surface area contributed by atoms with E-state index in [1.54, 1.807) is 12.3 Å². The lowest BCUT2D eigenvalue weighted by Crippen LogP contribution is -2.22. The van der Waals surface area contributed by atoms with Crippen LogP contribution in [0.1, 0.15) is 19.6 Å². The lowest BCUT2D eigenvalue weighted by molar-refractivity contribution is 0.0956. The molecule has 3 aromatic rings. The highest BCUT2D eigenvalue weighted by Crippen LogP contribution is 2.34. The Morgan fingerprint density at radius 2 is 2.24 bits per heavy atom. The molecule has 0 spiro atoms. The van der Waals surface area contributed by atoms with E-state index in [0.29, 0.717) is 22.5 Å². The van der Waals surface area contributed by atoms with Crippen molar-refractivity contribution in [3.63, 3.8) is 0 Å². The summed E-state index contributed by atoms with van der Waals surface area (Å²) in [5, 5.41) is 4.35. The van der Waals surface area contributed by atoms with Crippen LogP contribution in [0.3, 0.4) is 0 Å². The number of aromatic nitrogens is 1. The van der Waals surface area contributed by atoms with E-state index in [1.807, 2.05) is 6.92 Å². The summed E-state index contributed by atoms with van der Waals surface area (Å²) in [4.78, 5) is 17.7. The predicted molar refractivity (Wildman–Crippen MR) is 84.2 cm³/mol. The normalized spacial score (nSPS) is 11.0. The van der Waals surface area contributed by atoms with Gasteiger partial charge in [-0.05, 0) is 25.1 Å². The van der Waals surface area contributed by atoms with Crippen LogP contribution in [0.25, 0.3) is 10.1 Å². The fraction of sp³-hybridized carbons (Fsp3) is 0.143. The van der Waals surface area contributed by atoms with Crippen molar-refractivity contribution in [2.45, 2.75) is 13.5 Å². The van der Waals surface area contributed by atoms with E-state index in [9.17, 15) is 9.18 Å². The van der Waals surface area contributed by atoms with Crippen molar-refractivity contribution in [3.8, 4) is 0 Å². The third-order valence-electron chi connectivity index (χ3n) is 2.99. The Morgan fingerprint density at radius 1 is 1.43 bits per heavy atom. The van der Waals surface area contributed by atoms with Crippen LogP contribution in [0.2, 0.25) is 0 Å². The summed E-state index contributed by atoms with van der Waals surface area (Å²) in [5.74, 6) is -0.612. The number of halogens is 1. The van der Waals surface area contributed by atoms with Crippen molar-refractivity contribution in [2.24, 2.45) is 0 Å². The fourth-order valence-corrected chi connectivity index (χ4v) is 3.75. The molecule has 108 valence electrons. The van der Waals surface area contributed by atoms with Gasteiger partial charge in [-0.15, -0.1) is 22.7 Å². The van der Waals surface area contributed by atoms with Gasteiger partial charge in [-0.3, -0.25) is 4.79 Å². The van der Waals surface area contributed by atoms with Crippen LogP contribution < -0.4 is 11.1 Å². The third-order valence-corrected chi connectivity index (χ3v) is 5.09. The first-order chi connectivity index (χ1) is 10.0. The quantitative estimate of drug-likeness (QED) is 0.777. The molecule has 4 nitrogen and oxygen atoms in total. The van der Waals surface area contributed by atoms with Gasteiger partial charge < -0.3 is 11.1 Å².